The quantitative estimate of drug-likeness (QED) is 0.212. The number of pyridine rings is 2. The lowest BCUT2D eigenvalue weighted by Crippen LogP contribution is -2.15. The number of alkyl halides is 1. The van der Waals surface area contributed by atoms with Gasteiger partial charge in [-0.15, -0.1) is 0 Å². The average Bonchev–Trinajstić information content (AvgIpc) is 2.82. The number of benzene rings is 2. The van der Waals surface area contributed by atoms with Gasteiger partial charge in [0.15, 0.2) is 0 Å². The number of rotatable bonds is 5. The molecule has 6 nitrogen and oxygen atoms in total. The van der Waals surface area contributed by atoms with Crippen molar-refractivity contribution in [1.82, 2.24) is 9.97 Å². The molecule has 0 bridgehead atoms. The molecule has 0 fully saturated rings. The van der Waals surface area contributed by atoms with Crippen molar-refractivity contribution in [1.29, 1.82) is 0 Å². The number of nitrogens with one attached hydrogen (secondary N) is 1. The number of anilines is 2. The largest absolute Gasteiger partial charge is 0.377 e. The summed E-state index contributed by atoms with van der Waals surface area (Å²) < 4.78 is 30.3. The summed E-state index contributed by atoms with van der Waals surface area (Å²) in [6, 6.07) is 17.9. The van der Waals surface area contributed by atoms with Crippen LogP contribution in [0, 0.1) is 11.8 Å². The molecular formula is C25H21IN4O2S. The van der Waals surface area contributed by atoms with Crippen LogP contribution >= 0.6 is 22.6 Å². The van der Waals surface area contributed by atoms with Crippen molar-refractivity contribution in [2.75, 3.05) is 23.7 Å². The summed E-state index contributed by atoms with van der Waals surface area (Å²) in [5.41, 5.74) is 4.03. The molecule has 2 aromatic heterocycles. The van der Waals surface area contributed by atoms with Crippen molar-refractivity contribution in [2.24, 2.45) is 0 Å². The van der Waals surface area contributed by atoms with Crippen LogP contribution in [-0.2, 0) is 14.5 Å². The van der Waals surface area contributed by atoms with E-state index in [0.29, 0.717) is 16.8 Å². The minimum Gasteiger partial charge on any atom is -0.377 e. The molecule has 0 aliphatic rings. The Balaban J connectivity index is 1.71. The Kier molecular flexibility index (Phi) is 6.81. The molecule has 33 heavy (non-hydrogen) atoms. The second-order valence-corrected chi connectivity index (χ2v) is 9.86. The van der Waals surface area contributed by atoms with Gasteiger partial charge in [-0.1, -0.05) is 58.7 Å². The second-order valence-electron chi connectivity index (χ2n) is 7.45. The summed E-state index contributed by atoms with van der Waals surface area (Å²) in [5, 5.41) is 0.765. The third-order valence-electron chi connectivity index (χ3n) is 4.96. The first-order valence-corrected chi connectivity index (χ1v) is 13.1. The molecule has 0 saturated carbocycles. The first kappa shape index (κ1) is 23.0. The molecule has 2 heterocycles. The fraction of sp³-hybridized carbons (Fsp3) is 0.120. The van der Waals surface area contributed by atoms with Gasteiger partial charge in [-0.05, 0) is 36.4 Å². The van der Waals surface area contributed by atoms with Crippen LogP contribution in [0.1, 0.15) is 16.8 Å². The first-order chi connectivity index (χ1) is 15.9. The van der Waals surface area contributed by atoms with Crippen molar-refractivity contribution in [3.05, 3.63) is 89.9 Å². The van der Waals surface area contributed by atoms with Gasteiger partial charge in [0.25, 0.3) is 10.0 Å². The summed E-state index contributed by atoms with van der Waals surface area (Å²) in [5.74, 6) is 6.12. The van der Waals surface area contributed by atoms with Gasteiger partial charge < -0.3 is 4.90 Å². The van der Waals surface area contributed by atoms with Crippen molar-refractivity contribution < 1.29 is 8.42 Å². The van der Waals surface area contributed by atoms with Gasteiger partial charge in [-0.25, -0.2) is 8.42 Å². The Hall–Kier alpha value is -3.16. The third kappa shape index (κ3) is 5.10. The van der Waals surface area contributed by atoms with E-state index < -0.39 is 10.0 Å². The molecule has 0 aliphatic heterocycles. The van der Waals surface area contributed by atoms with Crippen LogP contribution < -0.4 is 9.62 Å². The van der Waals surface area contributed by atoms with E-state index in [1.165, 1.54) is 0 Å². The van der Waals surface area contributed by atoms with Crippen molar-refractivity contribution in [3.63, 3.8) is 0 Å². The van der Waals surface area contributed by atoms with Gasteiger partial charge in [-0.3, -0.25) is 14.7 Å². The Labute approximate surface area is 207 Å². The molecule has 0 unspecified atom stereocenters. The topological polar surface area (TPSA) is 75.2 Å². The Morgan fingerprint density at radius 3 is 2.52 bits per heavy atom. The highest BCUT2D eigenvalue weighted by molar-refractivity contribution is 14.1. The molecule has 0 radical (unpaired) electrons. The zero-order valence-corrected chi connectivity index (χ0v) is 21.1. The molecule has 0 atom stereocenters. The molecule has 4 rings (SSSR count). The van der Waals surface area contributed by atoms with E-state index in [1.807, 2.05) is 49.3 Å². The van der Waals surface area contributed by atoms with E-state index in [-0.39, 0.29) is 4.90 Å². The lowest BCUT2D eigenvalue weighted by Gasteiger charge is -2.16. The molecule has 0 aliphatic carbocycles. The van der Waals surface area contributed by atoms with Gasteiger partial charge in [0.05, 0.1) is 16.9 Å². The van der Waals surface area contributed by atoms with Crippen LogP contribution in [0.4, 0.5) is 11.4 Å². The van der Waals surface area contributed by atoms with E-state index >= 15 is 0 Å². The smallest absolute Gasteiger partial charge is 0.264 e. The van der Waals surface area contributed by atoms with E-state index in [4.69, 9.17) is 0 Å². The molecule has 0 amide bonds. The molecule has 0 saturated heterocycles. The lowest BCUT2D eigenvalue weighted by atomic mass is 10.1. The van der Waals surface area contributed by atoms with Crippen LogP contribution in [0.25, 0.3) is 10.9 Å². The van der Waals surface area contributed by atoms with Crippen molar-refractivity contribution in [3.8, 4) is 11.8 Å². The van der Waals surface area contributed by atoms with E-state index in [2.05, 4.69) is 49.1 Å². The first-order valence-electron chi connectivity index (χ1n) is 10.1. The normalized spacial score (nSPS) is 11.0. The Morgan fingerprint density at radius 2 is 1.79 bits per heavy atom. The summed E-state index contributed by atoms with van der Waals surface area (Å²) in [6.07, 6.45) is 3.34. The van der Waals surface area contributed by atoms with Crippen LogP contribution in [0.2, 0.25) is 0 Å². The average molecular weight is 568 g/mol. The van der Waals surface area contributed by atoms with Crippen LogP contribution in [0.15, 0.2) is 78.0 Å². The molecule has 2 aromatic carbocycles. The molecule has 4 aromatic rings. The minimum atomic E-state index is -3.91. The molecular weight excluding hydrogens is 547 g/mol. The van der Waals surface area contributed by atoms with Gasteiger partial charge in [0.2, 0.25) is 0 Å². The maximum Gasteiger partial charge on any atom is 0.264 e. The number of fused-ring (bicyclic) bond motifs is 1. The maximum atomic E-state index is 13.4. The Morgan fingerprint density at radius 1 is 0.970 bits per heavy atom. The fourth-order valence-electron chi connectivity index (χ4n) is 3.34. The van der Waals surface area contributed by atoms with E-state index in [1.54, 1.807) is 42.7 Å². The highest BCUT2D eigenvalue weighted by Gasteiger charge is 2.20. The number of halogens is 1. The summed E-state index contributed by atoms with van der Waals surface area (Å²) >= 11 is 2.26. The predicted molar refractivity (Wildman–Crippen MR) is 141 cm³/mol. The number of sulfonamides is 1. The number of aromatic nitrogens is 2. The number of para-hydroxylation sites is 2. The van der Waals surface area contributed by atoms with Crippen LogP contribution in [0.3, 0.4) is 0 Å². The Bertz CT molecular complexity index is 1470. The van der Waals surface area contributed by atoms with Gasteiger partial charge in [0.1, 0.15) is 4.90 Å². The lowest BCUT2D eigenvalue weighted by molar-refractivity contribution is 0.602. The van der Waals surface area contributed by atoms with E-state index in [0.717, 1.165) is 26.8 Å². The summed E-state index contributed by atoms with van der Waals surface area (Å²) in [6.45, 7) is 0. The van der Waals surface area contributed by atoms with Crippen LogP contribution in [0.5, 0.6) is 0 Å². The molecule has 8 heteroatoms. The van der Waals surface area contributed by atoms with Crippen LogP contribution in [-0.4, -0.2) is 32.5 Å². The summed E-state index contributed by atoms with van der Waals surface area (Å²) in [7, 11) is -0.0873. The number of hydrogen-bond acceptors (Lipinski definition) is 5. The van der Waals surface area contributed by atoms with Crippen molar-refractivity contribution in [2.45, 2.75) is 9.32 Å². The van der Waals surface area contributed by atoms with Crippen molar-refractivity contribution >= 4 is 54.9 Å². The highest BCUT2D eigenvalue weighted by Crippen LogP contribution is 2.29. The fourth-order valence-corrected chi connectivity index (χ4v) is 5.04. The monoisotopic (exact) mass is 568 g/mol. The summed E-state index contributed by atoms with van der Waals surface area (Å²) in [4.78, 5) is 10.8. The zero-order chi connectivity index (χ0) is 23.4. The van der Waals surface area contributed by atoms with Gasteiger partial charge in [0, 0.05) is 53.1 Å². The molecule has 166 valence electrons. The third-order valence-corrected chi connectivity index (χ3v) is 7.14. The minimum absolute atomic E-state index is 0.116. The molecule has 0 spiro atoms. The standard InChI is InChI=1S/C25H21IN4O2S/c1-30(2)23-14-15-27-25-21(23)7-5-9-24(25)33(31,32)29-22-8-4-3-6-19(22)12-10-18-11-13-20(16-26)28-17-18/h3-9,11,13-15,17,29H,16H2,1-2H3. The second kappa shape index (κ2) is 9.77. The SMILES string of the molecule is CN(C)c1ccnc2c(S(=O)(=O)Nc3ccccc3C#Cc3ccc(CI)nc3)cccc12. The maximum absolute atomic E-state index is 13.4. The highest BCUT2D eigenvalue weighted by atomic mass is 127. The zero-order valence-electron chi connectivity index (χ0n) is 18.1. The predicted octanol–water partition coefficient (Wildman–Crippen LogP) is 4.83. The van der Waals surface area contributed by atoms with Gasteiger partial charge in [-0.2, -0.15) is 0 Å². The number of hydrogen-bond donors (Lipinski definition) is 1. The van der Waals surface area contributed by atoms with Gasteiger partial charge >= 0.3 is 0 Å². The van der Waals surface area contributed by atoms with E-state index in [9.17, 15) is 8.42 Å². The number of nitrogens with zero attached hydrogens (tertiary/aromatic N) is 3. The molecule has 1 N–H and O–H groups in total.